The van der Waals surface area contributed by atoms with Crippen LogP contribution >= 0.6 is 0 Å². The van der Waals surface area contributed by atoms with Crippen LogP contribution < -0.4 is 10.1 Å². The zero-order valence-corrected chi connectivity index (χ0v) is 12.3. The molecule has 114 valence electrons. The number of benzene rings is 1. The Morgan fingerprint density at radius 1 is 1.36 bits per heavy atom. The highest BCUT2D eigenvalue weighted by Crippen LogP contribution is 2.31. The van der Waals surface area contributed by atoms with E-state index in [1.54, 1.807) is 18.3 Å². The first-order chi connectivity index (χ1) is 10.7. The molecule has 1 heterocycles. The number of hydrogen-bond acceptors (Lipinski definition) is 4. The molecule has 2 unspecified atom stereocenters. The number of fused-ring (bicyclic) bond motifs is 1. The maximum Gasteiger partial charge on any atom is 0.274 e. The van der Waals surface area contributed by atoms with Gasteiger partial charge in [0, 0.05) is 12.6 Å². The standard InChI is InChI=1S/C17H18N2O3/c1-2-22-14-8-5-9-18-16(14)17(21)19-15-12-7-4-3-6-11(12)10-13(15)20/h3-9,13,15,20H,2,10H2,1H3,(H,19,21). The Bertz CT molecular complexity index is 687. The molecule has 22 heavy (non-hydrogen) atoms. The number of nitrogens with one attached hydrogen (secondary N) is 1. The summed E-state index contributed by atoms with van der Waals surface area (Å²) in [5.41, 5.74) is 2.25. The largest absolute Gasteiger partial charge is 0.491 e. The van der Waals surface area contributed by atoms with Crippen LogP contribution in [-0.4, -0.2) is 28.7 Å². The molecule has 0 fully saturated rings. The second-order valence-corrected chi connectivity index (χ2v) is 5.20. The number of carbonyl (C=O) groups excluding carboxylic acids is 1. The van der Waals surface area contributed by atoms with E-state index in [-0.39, 0.29) is 11.6 Å². The minimum absolute atomic E-state index is 0.237. The van der Waals surface area contributed by atoms with Crippen LogP contribution in [0.1, 0.15) is 34.6 Å². The predicted octanol–water partition coefficient (Wildman–Crippen LogP) is 1.87. The minimum Gasteiger partial charge on any atom is -0.491 e. The van der Waals surface area contributed by atoms with Crippen LogP contribution in [-0.2, 0) is 6.42 Å². The van der Waals surface area contributed by atoms with Crippen LogP contribution in [0.5, 0.6) is 5.75 Å². The number of aliphatic hydroxyl groups is 1. The van der Waals surface area contributed by atoms with Gasteiger partial charge < -0.3 is 15.2 Å². The summed E-state index contributed by atoms with van der Waals surface area (Å²) in [5, 5.41) is 13.1. The quantitative estimate of drug-likeness (QED) is 0.904. The van der Waals surface area contributed by atoms with Crippen LogP contribution in [0.15, 0.2) is 42.6 Å². The number of aromatic nitrogens is 1. The fourth-order valence-corrected chi connectivity index (χ4v) is 2.79. The van der Waals surface area contributed by atoms with Crippen LogP contribution in [0, 0.1) is 0 Å². The van der Waals surface area contributed by atoms with Crippen molar-refractivity contribution in [1.29, 1.82) is 0 Å². The monoisotopic (exact) mass is 298 g/mol. The van der Waals surface area contributed by atoms with Gasteiger partial charge in [0.2, 0.25) is 0 Å². The van der Waals surface area contributed by atoms with Crippen molar-refractivity contribution in [3.63, 3.8) is 0 Å². The zero-order chi connectivity index (χ0) is 15.5. The van der Waals surface area contributed by atoms with Gasteiger partial charge >= 0.3 is 0 Å². The van der Waals surface area contributed by atoms with Crippen molar-refractivity contribution < 1.29 is 14.6 Å². The molecule has 0 radical (unpaired) electrons. The molecule has 5 heteroatoms. The van der Waals surface area contributed by atoms with E-state index < -0.39 is 12.1 Å². The average Bonchev–Trinajstić information content (AvgIpc) is 2.84. The fraction of sp³-hybridized carbons (Fsp3) is 0.294. The molecule has 2 aromatic rings. The summed E-state index contributed by atoms with van der Waals surface area (Å²) < 4.78 is 5.43. The van der Waals surface area contributed by atoms with Gasteiger partial charge in [-0.3, -0.25) is 4.79 Å². The van der Waals surface area contributed by atoms with Crippen molar-refractivity contribution in [1.82, 2.24) is 10.3 Å². The molecule has 1 aliphatic carbocycles. The van der Waals surface area contributed by atoms with Crippen LogP contribution in [0.2, 0.25) is 0 Å². The molecule has 3 rings (SSSR count). The first-order valence-electron chi connectivity index (χ1n) is 7.35. The highest BCUT2D eigenvalue weighted by Gasteiger charge is 2.32. The van der Waals surface area contributed by atoms with Crippen molar-refractivity contribution in [3.8, 4) is 5.75 Å². The van der Waals surface area contributed by atoms with Crippen molar-refractivity contribution >= 4 is 5.91 Å². The van der Waals surface area contributed by atoms with Gasteiger partial charge in [0.05, 0.1) is 18.8 Å². The fourth-order valence-electron chi connectivity index (χ4n) is 2.79. The van der Waals surface area contributed by atoms with E-state index in [2.05, 4.69) is 10.3 Å². The zero-order valence-electron chi connectivity index (χ0n) is 12.3. The van der Waals surface area contributed by atoms with Gasteiger partial charge in [-0.1, -0.05) is 24.3 Å². The van der Waals surface area contributed by atoms with Gasteiger partial charge in [0.15, 0.2) is 11.4 Å². The summed E-state index contributed by atoms with van der Waals surface area (Å²) in [4.78, 5) is 16.6. The molecule has 1 aliphatic rings. The molecule has 0 saturated carbocycles. The predicted molar refractivity (Wildman–Crippen MR) is 81.8 cm³/mol. The highest BCUT2D eigenvalue weighted by molar-refractivity contribution is 5.95. The Labute approximate surface area is 129 Å². The van der Waals surface area contributed by atoms with Crippen molar-refractivity contribution in [3.05, 3.63) is 59.4 Å². The first kappa shape index (κ1) is 14.5. The van der Waals surface area contributed by atoms with E-state index in [1.165, 1.54) is 0 Å². The summed E-state index contributed by atoms with van der Waals surface area (Å²) in [7, 11) is 0. The minimum atomic E-state index is -0.624. The molecular formula is C17H18N2O3. The molecule has 1 amide bonds. The Kier molecular flexibility index (Phi) is 4.06. The molecular weight excluding hydrogens is 280 g/mol. The van der Waals surface area contributed by atoms with E-state index >= 15 is 0 Å². The number of nitrogens with zero attached hydrogens (tertiary/aromatic N) is 1. The van der Waals surface area contributed by atoms with Crippen LogP contribution in [0.25, 0.3) is 0 Å². The van der Waals surface area contributed by atoms with Crippen molar-refractivity contribution in [2.75, 3.05) is 6.61 Å². The lowest BCUT2D eigenvalue weighted by atomic mass is 10.1. The summed E-state index contributed by atoms with van der Waals surface area (Å²) in [6, 6.07) is 10.8. The van der Waals surface area contributed by atoms with Gasteiger partial charge in [0.1, 0.15) is 0 Å². The number of hydrogen-bond donors (Lipinski definition) is 2. The Morgan fingerprint density at radius 2 is 2.18 bits per heavy atom. The lowest BCUT2D eigenvalue weighted by molar-refractivity contribution is 0.0849. The highest BCUT2D eigenvalue weighted by atomic mass is 16.5. The molecule has 5 nitrogen and oxygen atoms in total. The molecule has 1 aromatic heterocycles. The SMILES string of the molecule is CCOc1cccnc1C(=O)NC1c2ccccc2CC1O. The van der Waals surface area contributed by atoms with Crippen molar-refractivity contribution in [2.45, 2.75) is 25.5 Å². The molecule has 0 spiro atoms. The summed E-state index contributed by atoms with van der Waals surface area (Å²) in [6.07, 6.45) is 1.47. The van der Waals surface area contributed by atoms with E-state index in [1.807, 2.05) is 31.2 Å². The molecule has 2 N–H and O–H groups in total. The van der Waals surface area contributed by atoms with Gasteiger partial charge in [-0.25, -0.2) is 4.98 Å². The number of ether oxygens (including phenoxy) is 1. The van der Waals surface area contributed by atoms with Gasteiger partial charge in [-0.15, -0.1) is 0 Å². The third kappa shape index (κ3) is 2.67. The Hall–Kier alpha value is -2.40. The second kappa shape index (κ2) is 6.15. The Balaban J connectivity index is 1.83. The van der Waals surface area contributed by atoms with E-state index in [0.29, 0.717) is 18.8 Å². The molecule has 0 saturated heterocycles. The van der Waals surface area contributed by atoms with Crippen LogP contribution in [0.3, 0.4) is 0 Å². The molecule has 2 atom stereocenters. The van der Waals surface area contributed by atoms with E-state index in [9.17, 15) is 9.90 Å². The number of carbonyl (C=O) groups is 1. The average molecular weight is 298 g/mol. The summed E-state index contributed by atoms with van der Waals surface area (Å²) in [6.45, 7) is 2.31. The smallest absolute Gasteiger partial charge is 0.274 e. The first-order valence-corrected chi connectivity index (χ1v) is 7.35. The number of pyridine rings is 1. The van der Waals surface area contributed by atoms with E-state index in [4.69, 9.17) is 4.74 Å². The Morgan fingerprint density at radius 3 is 3.00 bits per heavy atom. The summed E-state index contributed by atoms with van der Waals surface area (Å²) >= 11 is 0. The van der Waals surface area contributed by atoms with Gasteiger partial charge in [-0.2, -0.15) is 0 Å². The topological polar surface area (TPSA) is 71.5 Å². The maximum absolute atomic E-state index is 12.5. The lowest BCUT2D eigenvalue weighted by Crippen LogP contribution is -2.34. The third-order valence-corrected chi connectivity index (χ3v) is 3.78. The number of rotatable bonds is 4. The lowest BCUT2D eigenvalue weighted by Gasteiger charge is -2.18. The molecule has 0 bridgehead atoms. The summed E-state index contributed by atoms with van der Waals surface area (Å²) in [5.74, 6) is 0.105. The molecule has 1 aromatic carbocycles. The normalized spacial score (nSPS) is 19.5. The van der Waals surface area contributed by atoms with Gasteiger partial charge in [0.25, 0.3) is 5.91 Å². The number of amides is 1. The van der Waals surface area contributed by atoms with E-state index in [0.717, 1.165) is 11.1 Å². The van der Waals surface area contributed by atoms with Gasteiger partial charge in [-0.05, 0) is 30.2 Å². The van der Waals surface area contributed by atoms with Crippen molar-refractivity contribution in [2.24, 2.45) is 0 Å². The second-order valence-electron chi connectivity index (χ2n) is 5.20. The van der Waals surface area contributed by atoms with Crippen LogP contribution in [0.4, 0.5) is 0 Å². The third-order valence-electron chi connectivity index (χ3n) is 3.78. The maximum atomic E-state index is 12.5. The number of aliphatic hydroxyl groups excluding tert-OH is 1. The molecule has 0 aliphatic heterocycles.